The molecule has 1 heterocycles. The third kappa shape index (κ3) is 5.94. The van der Waals surface area contributed by atoms with Gasteiger partial charge in [-0.05, 0) is 61.7 Å². The quantitative estimate of drug-likeness (QED) is 0.238. The number of carbonyl (C=O) groups excluding carboxylic acids is 5. The number of hydrogen-bond donors (Lipinski definition) is 1. The summed E-state index contributed by atoms with van der Waals surface area (Å²) in [5, 5.41) is 2.59. The third-order valence-corrected chi connectivity index (χ3v) is 6.32. The molecule has 37 heavy (non-hydrogen) atoms. The fourth-order valence-corrected chi connectivity index (χ4v) is 4.32. The van der Waals surface area contributed by atoms with Crippen molar-refractivity contribution >= 4 is 41.0 Å². The van der Waals surface area contributed by atoms with Crippen LogP contribution in [-0.4, -0.2) is 42.9 Å². The second kappa shape index (κ2) is 11.6. The van der Waals surface area contributed by atoms with Gasteiger partial charge in [-0.3, -0.25) is 19.3 Å². The lowest BCUT2D eigenvalue weighted by Gasteiger charge is -2.15. The van der Waals surface area contributed by atoms with Crippen molar-refractivity contribution in [3.8, 4) is 0 Å². The first kappa shape index (κ1) is 25.8. The Morgan fingerprint density at radius 2 is 1.54 bits per heavy atom. The Morgan fingerprint density at radius 3 is 2.19 bits per heavy atom. The molecule has 1 N–H and O–H groups in total. The van der Waals surface area contributed by atoms with Gasteiger partial charge in [-0.25, -0.2) is 9.59 Å². The summed E-state index contributed by atoms with van der Waals surface area (Å²) in [5.74, 6) is -3.07. The lowest BCUT2D eigenvalue weighted by molar-refractivity contribution is -0.122. The summed E-state index contributed by atoms with van der Waals surface area (Å²) in [4.78, 5) is 63.5. The number of carbonyl (C=O) groups is 5. The fourth-order valence-electron chi connectivity index (χ4n) is 4.32. The minimum atomic E-state index is -0.764. The lowest BCUT2D eigenvalue weighted by Crippen LogP contribution is -2.31. The van der Waals surface area contributed by atoms with Gasteiger partial charge >= 0.3 is 11.9 Å². The van der Waals surface area contributed by atoms with Crippen molar-refractivity contribution in [2.45, 2.75) is 32.6 Å². The summed E-state index contributed by atoms with van der Waals surface area (Å²) >= 11 is 0. The van der Waals surface area contributed by atoms with Crippen LogP contribution < -0.4 is 10.2 Å². The van der Waals surface area contributed by atoms with Crippen LogP contribution in [0.4, 0.5) is 11.4 Å². The first-order chi connectivity index (χ1) is 17.9. The van der Waals surface area contributed by atoms with Crippen molar-refractivity contribution in [1.82, 2.24) is 0 Å². The van der Waals surface area contributed by atoms with Gasteiger partial charge in [0.25, 0.3) is 5.91 Å². The van der Waals surface area contributed by atoms with Crippen LogP contribution in [0, 0.1) is 11.8 Å². The Balaban J connectivity index is 1.31. The molecule has 2 aromatic rings. The van der Waals surface area contributed by atoms with Crippen LogP contribution in [0.1, 0.15) is 53.3 Å². The van der Waals surface area contributed by atoms with E-state index in [0.29, 0.717) is 36.4 Å². The molecule has 0 saturated carbocycles. The summed E-state index contributed by atoms with van der Waals surface area (Å²) in [6.45, 7) is 1.81. The molecule has 2 atom stereocenters. The van der Waals surface area contributed by atoms with E-state index >= 15 is 0 Å². The van der Waals surface area contributed by atoms with Gasteiger partial charge < -0.3 is 14.8 Å². The van der Waals surface area contributed by atoms with Crippen LogP contribution in [0.25, 0.3) is 0 Å². The summed E-state index contributed by atoms with van der Waals surface area (Å²) in [6, 6.07) is 12.2. The van der Waals surface area contributed by atoms with Gasteiger partial charge in [0.1, 0.15) is 0 Å². The normalized spacial score (nSPS) is 18.4. The topological polar surface area (TPSA) is 119 Å². The number of hydrogen-bond acceptors (Lipinski definition) is 7. The van der Waals surface area contributed by atoms with E-state index < -0.39 is 24.5 Å². The molecule has 1 aliphatic heterocycles. The second-order valence-electron chi connectivity index (χ2n) is 8.91. The summed E-state index contributed by atoms with van der Waals surface area (Å²) in [6.07, 6.45) is 6.57. The fraction of sp³-hybridized carbons (Fsp3) is 0.321. The maximum atomic E-state index is 12.8. The van der Waals surface area contributed by atoms with E-state index in [1.165, 1.54) is 24.3 Å². The molecule has 2 aromatic carbocycles. The van der Waals surface area contributed by atoms with Gasteiger partial charge in [0.2, 0.25) is 11.8 Å². The molecule has 0 aromatic heterocycles. The number of ether oxygens (including phenoxy) is 2. The number of anilines is 2. The average molecular weight is 505 g/mol. The van der Waals surface area contributed by atoms with E-state index in [-0.39, 0.29) is 29.2 Å². The van der Waals surface area contributed by atoms with Crippen molar-refractivity contribution in [3.63, 3.8) is 0 Å². The Hall–Kier alpha value is -4.27. The summed E-state index contributed by atoms with van der Waals surface area (Å²) in [5.41, 5.74) is 1.21. The second-order valence-corrected chi connectivity index (χ2v) is 8.91. The zero-order valence-corrected chi connectivity index (χ0v) is 20.5. The minimum Gasteiger partial charge on any atom is -0.462 e. The molecule has 9 heteroatoms. The van der Waals surface area contributed by atoms with Gasteiger partial charge in [-0.15, -0.1) is 0 Å². The first-order valence-electron chi connectivity index (χ1n) is 12.3. The zero-order chi connectivity index (χ0) is 26.4. The van der Waals surface area contributed by atoms with Crippen LogP contribution in [-0.2, 0) is 23.9 Å². The molecule has 0 radical (unpaired) electrons. The van der Waals surface area contributed by atoms with Crippen LogP contribution in [0.2, 0.25) is 0 Å². The molecule has 4 rings (SSSR count). The number of unbranched alkanes of at least 4 members (excludes halogenated alkanes) is 1. The van der Waals surface area contributed by atoms with Crippen molar-refractivity contribution < 1.29 is 33.4 Å². The summed E-state index contributed by atoms with van der Waals surface area (Å²) in [7, 11) is 0. The highest BCUT2D eigenvalue weighted by Crippen LogP contribution is 2.37. The van der Waals surface area contributed by atoms with Crippen LogP contribution in [0.5, 0.6) is 0 Å². The predicted molar refractivity (Wildman–Crippen MR) is 135 cm³/mol. The molecule has 1 aliphatic carbocycles. The first-order valence-corrected chi connectivity index (χ1v) is 12.3. The van der Waals surface area contributed by atoms with E-state index in [4.69, 9.17) is 9.47 Å². The van der Waals surface area contributed by atoms with Crippen molar-refractivity contribution in [2.24, 2.45) is 11.8 Å². The Labute approximate surface area is 214 Å². The van der Waals surface area contributed by atoms with Gasteiger partial charge in [-0.2, -0.15) is 0 Å². The van der Waals surface area contributed by atoms with E-state index in [1.54, 1.807) is 24.3 Å². The average Bonchev–Trinajstić information content (AvgIpc) is 3.17. The highest BCUT2D eigenvalue weighted by atomic mass is 16.5. The molecule has 9 nitrogen and oxygen atoms in total. The number of esters is 2. The van der Waals surface area contributed by atoms with Gasteiger partial charge in [0.05, 0.1) is 35.3 Å². The Morgan fingerprint density at radius 1 is 0.892 bits per heavy atom. The van der Waals surface area contributed by atoms with Crippen molar-refractivity contribution in [3.05, 3.63) is 71.8 Å². The van der Waals surface area contributed by atoms with Crippen LogP contribution in [0.15, 0.2) is 60.7 Å². The van der Waals surface area contributed by atoms with E-state index in [0.717, 1.165) is 17.7 Å². The van der Waals surface area contributed by atoms with Crippen LogP contribution >= 0.6 is 0 Å². The molecule has 0 bridgehead atoms. The Kier molecular flexibility index (Phi) is 8.12. The summed E-state index contributed by atoms with van der Waals surface area (Å²) < 4.78 is 10.3. The third-order valence-electron chi connectivity index (χ3n) is 6.32. The molecule has 1 saturated heterocycles. The van der Waals surface area contributed by atoms with Crippen molar-refractivity contribution in [1.29, 1.82) is 0 Å². The molecule has 1 fully saturated rings. The maximum absolute atomic E-state index is 12.8. The molecule has 3 amide bonds. The molecule has 2 aliphatic rings. The number of nitrogens with zero attached hydrogens (tertiary/aromatic N) is 1. The number of allylic oxidation sites excluding steroid dienone is 2. The molecular formula is C28H28N2O7. The van der Waals surface area contributed by atoms with E-state index in [1.807, 2.05) is 19.1 Å². The number of nitrogens with one attached hydrogen (secondary N) is 1. The number of rotatable bonds is 9. The Bertz CT molecular complexity index is 1210. The van der Waals surface area contributed by atoms with Gasteiger partial charge in [0.15, 0.2) is 6.61 Å². The zero-order valence-electron chi connectivity index (χ0n) is 20.5. The number of fused-ring (bicyclic) bond motifs is 1. The standard InChI is InChI=1S/C28H28N2O7/c1-2-3-15-36-27(34)18-11-13-20(14-12-18)29-24(31)17-37-28(35)19-7-6-8-21(16-19)30-25(32)22-9-4-5-10-23(22)26(30)33/h4-8,11-14,16,22-23H,2-3,9-10,15,17H2,1H3,(H,29,31)/t22-,23-/m1/s1. The number of imide groups is 1. The molecular weight excluding hydrogens is 476 g/mol. The van der Waals surface area contributed by atoms with Gasteiger partial charge in [-0.1, -0.05) is 31.6 Å². The monoisotopic (exact) mass is 504 g/mol. The van der Waals surface area contributed by atoms with Crippen LogP contribution in [0.3, 0.4) is 0 Å². The highest BCUT2D eigenvalue weighted by molar-refractivity contribution is 6.22. The largest absolute Gasteiger partial charge is 0.462 e. The lowest BCUT2D eigenvalue weighted by atomic mass is 9.85. The van der Waals surface area contributed by atoms with E-state index in [9.17, 15) is 24.0 Å². The maximum Gasteiger partial charge on any atom is 0.338 e. The molecule has 0 unspecified atom stereocenters. The number of benzene rings is 2. The molecule has 0 spiro atoms. The minimum absolute atomic E-state index is 0.116. The smallest absolute Gasteiger partial charge is 0.338 e. The van der Waals surface area contributed by atoms with E-state index in [2.05, 4.69) is 5.32 Å². The van der Waals surface area contributed by atoms with Gasteiger partial charge in [0, 0.05) is 5.69 Å². The van der Waals surface area contributed by atoms with Crippen molar-refractivity contribution in [2.75, 3.05) is 23.4 Å². The number of amides is 3. The SMILES string of the molecule is CCCCOC(=O)c1ccc(NC(=O)COC(=O)c2cccc(N3C(=O)[C@@H]4CC=CC[C@H]4C3=O)c2)cc1. The molecule has 192 valence electrons. The highest BCUT2D eigenvalue weighted by Gasteiger charge is 2.47. The predicted octanol–water partition coefficient (Wildman–Crippen LogP) is 3.89.